The van der Waals surface area contributed by atoms with Crippen LogP contribution in [0.3, 0.4) is 0 Å². The summed E-state index contributed by atoms with van der Waals surface area (Å²) in [4.78, 5) is 0. The van der Waals surface area contributed by atoms with Crippen molar-refractivity contribution in [2.24, 2.45) is 41.4 Å². The normalized spacial score (nSPS) is 55.5. The minimum absolute atomic E-state index is 1.03. The van der Waals surface area contributed by atoms with E-state index in [0.717, 1.165) is 41.4 Å². The molecule has 5 bridgehead atoms. The number of hydrogen-bond donors (Lipinski definition) is 0. The monoisotopic (exact) mass is 246 g/mol. The topological polar surface area (TPSA) is 0 Å². The van der Waals surface area contributed by atoms with Crippen molar-refractivity contribution in [1.29, 1.82) is 0 Å². The predicted octanol–water partition coefficient (Wildman–Crippen LogP) is 5.28. The van der Waals surface area contributed by atoms with Gasteiger partial charge in [-0.25, -0.2) is 0 Å². The largest absolute Gasteiger partial charge is 0.0622 e. The molecule has 0 heterocycles. The van der Waals surface area contributed by atoms with Crippen LogP contribution in [0.25, 0.3) is 0 Å². The lowest BCUT2D eigenvalue weighted by Crippen LogP contribution is -2.24. The molecule has 0 N–H and O–H groups in total. The molecule has 0 radical (unpaired) electrons. The zero-order valence-electron chi connectivity index (χ0n) is 12.1. The molecule has 5 aliphatic carbocycles. The first-order chi connectivity index (χ1) is 8.81. The van der Waals surface area contributed by atoms with Crippen molar-refractivity contribution in [1.82, 2.24) is 0 Å². The molecule has 18 heavy (non-hydrogen) atoms. The van der Waals surface area contributed by atoms with Crippen molar-refractivity contribution in [3.05, 3.63) is 0 Å². The molecule has 5 aliphatic rings. The maximum absolute atomic E-state index is 2.57. The van der Waals surface area contributed by atoms with Crippen molar-refractivity contribution in [2.45, 2.75) is 71.1 Å². The van der Waals surface area contributed by atoms with Crippen molar-refractivity contribution in [3.8, 4) is 0 Å². The van der Waals surface area contributed by atoms with E-state index in [1.54, 1.807) is 64.2 Å². The first-order valence-corrected chi connectivity index (χ1v) is 8.81. The SMILES string of the molecule is CC1CCC2CC3CCC4CC3CCCC1CC24. The molecule has 7 atom stereocenters. The molecule has 5 fully saturated rings. The minimum atomic E-state index is 1.03. The summed E-state index contributed by atoms with van der Waals surface area (Å²) < 4.78 is 0. The van der Waals surface area contributed by atoms with Gasteiger partial charge in [0.05, 0.1) is 0 Å². The Labute approximate surface area is 113 Å². The molecule has 0 aromatic carbocycles. The molecule has 5 rings (SSSR count). The summed E-state index contributed by atoms with van der Waals surface area (Å²) in [6.07, 6.45) is 15.9. The predicted molar refractivity (Wildman–Crippen MR) is 76.3 cm³/mol. The summed E-state index contributed by atoms with van der Waals surface area (Å²) in [5.41, 5.74) is 0. The van der Waals surface area contributed by atoms with E-state index in [1.165, 1.54) is 0 Å². The Balaban J connectivity index is 1.71. The first-order valence-electron chi connectivity index (χ1n) is 8.81. The van der Waals surface area contributed by atoms with Crippen LogP contribution in [0.5, 0.6) is 0 Å². The Hall–Kier alpha value is 0. The highest BCUT2D eigenvalue weighted by molar-refractivity contribution is 4.96. The van der Waals surface area contributed by atoms with Crippen LogP contribution < -0.4 is 0 Å². The van der Waals surface area contributed by atoms with Gasteiger partial charge in [0.1, 0.15) is 0 Å². The Kier molecular flexibility index (Phi) is 2.97. The summed E-state index contributed by atoms with van der Waals surface area (Å²) in [5.74, 6) is 7.84. The van der Waals surface area contributed by atoms with Crippen molar-refractivity contribution in [3.63, 3.8) is 0 Å². The summed E-state index contributed by atoms with van der Waals surface area (Å²) in [6.45, 7) is 2.57. The van der Waals surface area contributed by atoms with Gasteiger partial charge in [-0.15, -0.1) is 0 Å². The highest BCUT2D eigenvalue weighted by Gasteiger charge is 2.45. The molecule has 0 amide bonds. The van der Waals surface area contributed by atoms with Gasteiger partial charge in [-0.1, -0.05) is 32.6 Å². The third-order valence-electron chi connectivity index (χ3n) is 7.52. The van der Waals surface area contributed by atoms with Gasteiger partial charge in [-0.3, -0.25) is 0 Å². The van der Waals surface area contributed by atoms with Crippen LogP contribution in [0.15, 0.2) is 0 Å². The summed E-state index contributed by atoms with van der Waals surface area (Å²) in [5, 5.41) is 0. The first kappa shape index (κ1) is 11.8. The lowest BCUT2D eigenvalue weighted by atomic mass is 9.71. The Bertz CT molecular complexity index is 307. The van der Waals surface area contributed by atoms with Crippen LogP contribution in [-0.2, 0) is 0 Å². The van der Waals surface area contributed by atoms with Gasteiger partial charge in [0, 0.05) is 0 Å². The lowest BCUT2D eigenvalue weighted by Gasteiger charge is -2.34. The van der Waals surface area contributed by atoms with Gasteiger partial charge in [-0.05, 0) is 80.0 Å². The minimum Gasteiger partial charge on any atom is -0.0622 e. The van der Waals surface area contributed by atoms with Gasteiger partial charge in [0.2, 0.25) is 0 Å². The molecular formula is C18H30. The van der Waals surface area contributed by atoms with E-state index < -0.39 is 0 Å². The van der Waals surface area contributed by atoms with Crippen LogP contribution in [-0.4, -0.2) is 0 Å². The molecule has 5 saturated carbocycles. The Morgan fingerprint density at radius 2 is 1.17 bits per heavy atom. The molecule has 0 heteroatoms. The third-order valence-corrected chi connectivity index (χ3v) is 7.52. The van der Waals surface area contributed by atoms with E-state index >= 15 is 0 Å². The zero-order valence-corrected chi connectivity index (χ0v) is 12.1. The Morgan fingerprint density at radius 1 is 0.556 bits per heavy atom. The molecule has 0 aliphatic heterocycles. The standard InChI is InChI=1S/C18H30/c1-12-5-6-16-10-15-7-8-17-9-14(15)4-2-3-13(12)11-18(16)17/h12-18H,2-11H2,1H3. The molecule has 0 aromatic rings. The van der Waals surface area contributed by atoms with Gasteiger partial charge in [0.15, 0.2) is 0 Å². The van der Waals surface area contributed by atoms with Crippen molar-refractivity contribution in [2.75, 3.05) is 0 Å². The fourth-order valence-electron chi connectivity index (χ4n) is 6.42. The second-order valence-corrected chi connectivity index (χ2v) is 8.23. The second-order valence-electron chi connectivity index (χ2n) is 8.23. The average molecular weight is 246 g/mol. The Morgan fingerprint density at radius 3 is 2.00 bits per heavy atom. The third kappa shape index (κ3) is 1.86. The maximum atomic E-state index is 2.57. The molecule has 0 saturated heterocycles. The maximum Gasteiger partial charge on any atom is -0.0354 e. The highest BCUT2D eigenvalue weighted by Crippen LogP contribution is 2.55. The van der Waals surface area contributed by atoms with E-state index in [-0.39, 0.29) is 0 Å². The quantitative estimate of drug-likeness (QED) is 0.546. The molecule has 0 nitrogen and oxygen atoms in total. The highest BCUT2D eigenvalue weighted by atomic mass is 14.5. The second kappa shape index (κ2) is 4.53. The van der Waals surface area contributed by atoms with Crippen LogP contribution in [0.2, 0.25) is 0 Å². The van der Waals surface area contributed by atoms with E-state index in [2.05, 4.69) is 6.92 Å². The van der Waals surface area contributed by atoms with Gasteiger partial charge < -0.3 is 0 Å². The molecular weight excluding hydrogens is 216 g/mol. The molecule has 0 aromatic heterocycles. The average Bonchev–Trinajstić information content (AvgIpc) is 2.67. The lowest BCUT2D eigenvalue weighted by molar-refractivity contribution is 0.164. The van der Waals surface area contributed by atoms with E-state index in [4.69, 9.17) is 0 Å². The molecule has 102 valence electrons. The summed E-state index contributed by atoms with van der Waals surface area (Å²) >= 11 is 0. The van der Waals surface area contributed by atoms with Gasteiger partial charge >= 0.3 is 0 Å². The zero-order chi connectivity index (χ0) is 12.1. The fourth-order valence-corrected chi connectivity index (χ4v) is 6.42. The number of hydrogen-bond acceptors (Lipinski definition) is 0. The number of rotatable bonds is 0. The van der Waals surface area contributed by atoms with Crippen molar-refractivity contribution >= 4 is 0 Å². The smallest absolute Gasteiger partial charge is 0.0354 e. The van der Waals surface area contributed by atoms with Crippen LogP contribution >= 0.6 is 0 Å². The molecule has 0 spiro atoms. The van der Waals surface area contributed by atoms with Crippen LogP contribution in [0.1, 0.15) is 71.1 Å². The number of fused-ring (bicyclic) bond motifs is 2. The van der Waals surface area contributed by atoms with E-state index in [9.17, 15) is 0 Å². The van der Waals surface area contributed by atoms with E-state index in [0.29, 0.717) is 0 Å². The van der Waals surface area contributed by atoms with Crippen LogP contribution in [0, 0.1) is 41.4 Å². The fraction of sp³-hybridized carbons (Fsp3) is 1.00. The summed E-state index contributed by atoms with van der Waals surface area (Å²) in [6, 6.07) is 0. The van der Waals surface area contributed by atoms with Gasteiger partial charge in [-0.2, -0.15) is 0 Å². The van der Waals surface area contributed by atoms with Gasteiger partial charge in [0.25, 0.3) is 0 Å². The van der Waals surface area contributed by atoms with Crippen LogP contribution in [0.4, 0.5) is 0 Å². The molecule has 7 unspecified atom stereocenters. The summed E-state index contributed by atoms with van der Waals surface area (Å²) in [7, 11) is 0. The van der Waals surface area contributed by atoms with Crippen molar-refractivity contribution < 1.29 is 0 Å². The van der Waals surface area contributed by atoms with E-state index in [1.807, 2.05) is 0 Å².